The minimum Gasteiger partial charge on any atom is -1.00 e. The molecule has 2 heterocycles. The fourth-order valence-corrected chi connectivity index (χ4v) is 6.86. The summed E-state index contributed by atoms with van der Waals surface area (Å²) in [5.74, 6) is -0.703. The lowest BCUT2D eigenvalue weighted by molar-refractivity contribution is -0.891. The number of fused-ring (bicyclic) bond motifs is 1. The second-order valence-electron chi connectivity index (χ2n) is 14.2. The summed E-state index contributed by atoms with van der Waals surface area (Å²) < 4.78 is 1.73. The second kappa shape index (κ2) is 16.0. The summed E-state index contributed by atoms with van der Waals surface area (Å²) in [6.45, 7) is 6.77. The van der Waals surface area contributed by atoms with Crippen molar-refractivity contribution in [3.63, 3.8) is 0 Å². The van der Waals surface area contributed by atoms with Crippen LogP contribution in [-0.4, -0.2) is 110 Å². The summed E-state index contributed by atoms with van der Waals surface area (Å²) in [5, 5.41) is 1.71. The first-order valence-corrected chi connectivity index (χ1v) is 16.4. The molecule has 254 valence electrons. The van der Waals surface area contributed by atoms with Crippen molar-refractivity contribution in [2.45, 2.75) is 45.4 Å². The second-order valence-corrected chi connectivity index (χ2v) is 14.2. The average Bonchev–Trinajstić information content (AvgIpc) is 3.23. The number of amides is 4. The topological polar surface area (TPSA) is 74.8 Å². The van der Waals surface area contributed by atoms with Gasteiger partial charge >= 0.3 is 0 Å². The summed E-state index contributed by atoms with van der Waals surface area (Å²) in [7, 11) is 8.90. The molecule has 0 unspecified atom stereocenters. The van der Waals surface area contributed by atoms with E-state index in [2.05, 4.69) is 28.2 Å². The number of hydrogen-bond acceptors (Lipinski definition) is 4. The predicted molar refractivity (Wildman–Crippen MR) is 177 cm³/mol. The molecule has 3 aromatic carbocycles. The molecule has 0 aliphatic carbocycles. The maximum Gasteiger partial charge on any atom is 0.261 e. The molecule has 3 aromatic rings. The summed E-state index contributed by atoms with van der Waals surface area (Å²) in [6, 6.07) is 16.8. The minimum atomic E-state index is -0.186. The van der Waals surface area contributed by atoms with E-state index in [-0.39, 0.29) is 57.6 Å². The Labute approximate surface area is 300 Å². The van der Waals surface area contributed by atoms with Crippen molar-refractivity contribution in [1.29, 1.82) is 0 Å². The Morgan fingerprint density at radius 2 is 0.936 bits per heavy atom. The van der Waals surface area contributed by atoms with Crippen LogP contribution in [0.15, 0.2) is 54.6 Å². The van der Waals surface area contributed by atoms with Gasteiger partial charge in [0.1, 0.15) is 0 Å². The number of imide groups is 2. The van der Waals surface area contributed by atoms with Crippen LogP contribution >= 0.6 is 0 Å². The van der Waals surface area contributed by atoms with Gasteiger partial charge < -0.3 is 42.9 Å². The molecule has 0 atom stereocenters. The number of unbranched alkanes of at least 4 members (excludes halogenated alkanes) is 3. The maximum absolute atomic E-state index is 13.2. The number of rotatable bonds is 15. The lowest BCUT2D eigenvalue weighted by Gasteiger charge is -2.32. The van der Waals surface area contributed by atoms with Gasteiger partial charge in [0.05, 0.1) is 65.5 Å². The van der Waals surface area contributed by atoms with E-state index in [1.165, 1.54) is 22.6 Å². The van der Waals surface area contributed by atoms with Crippen molar-refractivity contribution >= 4 is 34.4 Å². The van der Waals surface area contributed by atoms with E-state index in [0.29, 0.717) is 35.3 Å². The van der Waals surface area contributed by atoms with Gasteiger partial charge in [-0.2, -0.15) is 0 Å². The number of aryl methyl sites for hydroxylation is 1. The molecule has 0 N–H and O–H groups in total. The molecule has 47 heavy (non-hydrogen) atoms. The van der Waals surface area contributed by atoms with Crippen LogP contribution in [0.2, 0.25) is 0 Å². The monoisotopic (exact) mass is 770 g/mol. The van der Waals surface area contributed by atoms with Crippen LogP contribution in [0.25, 0.3) is 10.8 Å². The van der Waals surface area contributed by atoms with Gasteiger partial charge in [0, 0.05) is 42.4 Å². The molecule has 0 saturated carbocycles. The van der Waals surface area contributed by atoms with Crippen molar-refractivity contribution in [1.82, 2.24) is 9.80 Å². The van der Waals surface area contributed by atoms with Gasteiger partial charge in [0.25, 0.3) is 23.6 Å². The molecule has 0 radical (unpaired) electrons. The molecule has 0 fully saturated rings. The first kappa shape index (κ1) is 38.5. The molecule has 10 heteroatoms. The van der Waals surface area contributed by atoms with Gasteiger partial charge in [0.15, 0.2) is 0 Å². The summed E-state index contributed by atoms with van der Waals surface area (Å²) >= 11 is 0. The smallest absolute Gasteiger partial charge is 0.261 e. The standard InChI is InChI=1S/C37H48N4O4.2BrH/c1-27-18-19-29-32(26-27)37(45)38(34(29)42)20-12-24-40(2,3)22-8-6-7-9-23-41(4,5)25-13-21-39-35(43)30-16-10-14-28-15-11-17-31(33(28)30)36(39)44;;/h10-11,14-19,26H,6-9,12-13,20-25H2,1-5H3;2*1H/q+2;;/p-2. The lowest BCUT2D eigenvalue weighted by atomic mass is 9.94. The summed E-state index contributed by atoms with van der Waals surface area (Å²) in [6.07, 6.45) is 6.17. The van der Waals surface area contributed by atoms with Crippen molar-refractivity contribution in [3.8, 4) is 0 Å². The zero-order valence-corrected chi connectivity index (χ0v) is 31.5. The van der Waals surface area contributed by atoms with E-state index < -0.39 is 0 Å². The van der Waals surface area contributed by atoms with Crippen LogP contribution in [0.1, 0.15) is 85.5 Å². The fraction of sp³-hybridized carbons (Fsp3) is 0.459. The first-order chi connectivity index (χ1) is 21.4. The molecule has 5 rings (SSSR count). The van der Waals surface area contributed by atoms with Crippen molar-refractivity contribution in [2.24, 2.45) is 0 Å². The molecular weight excluding hydrogens is 724 g/mol. The molecular formula is C37H48Br2N4O4. The molecule has 2 aliphatic rings. The van der Waals surface area contributed by atoms with E-state index in [4.69, 9.17) is 0 Å². The third-order valence-electron chi connectivity index (χ3n) is 9.55. The number of quaternary nitrogens is 2. The molecule has 0 spiro atoms. The molecule has 8 nitrogen and oxygen atoms in total. The minimum absolute atomic E-state index is 0. The normalized spacial score (nSPS) is 14.4. The van der Waals surface area contributed by atoms with Gasteiger partial charge in [-0.15, -0.1) is 0 Å². The van der Waals surface area contributed by atoms with Crippen LogP contribution in [0.3, 0.4) is 0 Å². The zero-order chi connectivity index (χ0) is 32.4. The van der Waals surface area contributed by atoms with E-state index in [1.54, 1.807) is 6.07 Å². The Kier molecular flexibility index (Phi) is 13.1. The van der Waals surface area contributed by atoms with Crippen LogP contribution in [-0.2, 0) is 0 Å². The van der Waals surface area contributed by atoms with E-state index in [0.717, 1.165) is 77.2 Å². The Hall–Kier alpha value is -2.92. The van der Waals surface area contributed by atoms with Crippen LogP contribution < -0.4 is 34.0 Å². The highest BCUT2D eigenvalue weighted by Crippen LogP contribution is 2.30. The zero-order valence-electron chi connectivity index (χ0n) is 28.4. The Bertz CT molecular complexity index is 1590. The number of carbonyl (C=O) groups excluding carboxylic acids is 4. The fourth-order valence-electron chi connectivity index (χ4n) is 6.86. The van der Waals surface area contributed by atoms with Gasteiger partial charge in [0.2, 0.25) is 0 Å². The third kappa shape index (κ3) is 8.76. The predicted octanol–water partition coefficient (Wildman–Crippen LogP) is -0.458. The van der Waals surface area contributed by atoms with E-state index in [9.17, 15) is 19.2 Å². The average molecular weight is 773 g/mol. The number of halogens is 2. The molecule has 4 amide bonds. The summed E-state index contributed by atoms with van der Waals surface area (Å²) in [5.41, 5.74) is 3.29. The Morgan fingerprint density at radius 1 is 0.511 bits per heavy atom. The van der Waals surface area contributed by atoms with E-state index in [1.807, 2.05) is 55.5 Å². The quantitative estimate of drug-likeness (QED) is 0.119. The SMILES string of the molecule is Cc1ccc2c(c1)C(=O)N(CCC[N+](C)(C)CCCCCC[N+](C)(C)CCCN1C(=O)c3cccc4cccc(c34)C1=O)C2=O.[Br-].[Br-]. The number of hydrogen-bond donors (Lipinski definition) is 0. The Morgan fingerprint density at radius 3 is 1.43 bits per heavy atom. The molecule has 2 aliphatic heterocycles. The van der Waals surface area contributed by atoms with E-state index >= 15 is 0 Å². The van der Waals surface area contributed by atoms with Crippen LogP contribution in [0.4, 0.5) is 0 Å². The van der Waals surface area contributed by atoms with Gasteiger partial charge in [-0.1, -0.05) is 35.9 Å². The highest BCUT2D eigenvalue weighted by atomic mass is 79.9. The van der Waals surface area contributed by atoms with Crippen LogP contribution in [0.5, 0.6) is 0 Å². The van der Waals surface area contributed by atoms with Crippen LogP contribution in [0, 0.1) is 6.92 Å². The Balaban J connectivity index is 0.00000300. The first-order valence-electron chi connectivity index (χ1n) is 16.4. The van der Waals surface area contributed by atoms with Crippen molar-refractivity contribution < 1.29 is 62.1 Å². The van der Waals surface area contributed by atoms with Gasteiger partial charge in [-0.25, -0.2) is 0 Å². The molecule has 0 aromatic heterocycles. The maximum atomic E-state index is 13.2. The third-order valence-corrected chi connectivity index (χ3v) is 9.55. The molecule has 0 bridgehead atoms. The number of benzene rings is 3. The highest BCUT2D eigenvalue weighted by molar-refractivity contribution is 6.25. The van der Waals surface area contributed by atoms with Crippen molar-refractivity contribution in [3.05, 3.63) is 82.4 Å². The highest BCUT2D eigenvalue weighted by Gasteiger charge is 2.35. The summed E-state index contributed by atoms with van der Waals surface area (Å²) in [4.78, 5) is 54.7. The van der Waals surface area contributed by atoms with Gasteiger partial charge in [-0.05, 0) is 62.3 Å². The largest absolute Gasteiger partial charge is 1.00 e. The molecule has 0 saturated heterocycles. The van der Waals surface area contributed by atoms with Crippen molar-refractivity contribution in [2.75, 3.05) is 67.5 Å². The lowest BCUT2D eigenvalue weighted by Crippen LogP contribution is -3.00. The van der Waals surface area contributed by atoms with Gasteiger partial charge in [-0.3, -0.25) is 29.0 Å². The number of nitrogens with zero attached hydrogens (tertiary/aromatic N) is 4. The number of carbonyl (C=O) groups is 4.